The van der Waals surface area contributed by atoms with E-state index >= 15 is 0 Å². The van der Waals surface area contributed by atoms with Crippen molar-refractivity contribution in [3.63, 3.8) is 0 Å². The van der Waals surface area contributed by atoms with Crippen LogP contribution in [-0.2, 0) is 10.0 Å². The van der Waals surface area contributed by atoms with Crippen LogP contribution in [0, 0.1) is 13.8 Å². The van der Waals surface area contributed by atoms with E-state index in [2.05, 4.69) is 9.88 Å². The van der Waals surface area contributed by atoms with Crippen molar-refractivity contribution < 1.29 is 13.6 Å². The predicted octanol–water partition coefficient (Wildman–Crippen LogP) is 0.718. The minimum absolute atomic E-state index is 0.0154. The van der Waals surface area contributed by atoms with Gasteiger partial charge in [0, 0.05) is 13.0 Å². The maximum atomic E-state index is 12.0. The van der Waals surface area contributed by atoms with E-state index in [1.165, 1.54) is 0 Å². The molecule has 0 aliphatic heterocycles. The molecule has 0 heterocycles. The standard InChI is InChI=1S/C11H17N3O3S/c1-8-3-4-10(9(2)7-8)18(16,17)13-6-5-11(12)14-15/h3-4,7,13,15H,5-6H2,1-2H3,(H2,12,14). The van der Waals surface area contributed by atoms with E-state index < -0.39 is 10.0 Å². The second-order valence-electron chi connectivity index (χ2n) is 4.01. The Hall–Kier alpha value is -1.60. The average molecular weight is 271 g/mol. The Bertz CT molecular complexity index is 553. The fourth-order valence-corrected chi connectivity index (χ4v) is 2.80. The molecule has 4 N–H and O–H groups in total. The molecule has 0 aliphatic carbocycles. The van der Waals surface area contributed by atoms with Crippen LogP contribution >= 0.6 is 0 Å². The lowest BCUT2D eigenvalue weighted by molar-refractivity contribution is 0.317. The van der Waals surface area contributed by atoms with Crippen LogP contribution in [0.4, 0.5) is 0 Å². The summed E-state index contributed by atoms with van der Waals surface area (Å²) < 4.78 is 26.4. The molecule has 6 nitrogen and oxygen atoms in total. The Morgan fingerprint density at radius 3 is 2.67 bits per heavy atom. The molecular formula is C11H17N3O3S. The van der Waals surface area contributed by atoms with Gasteiger partial charge in [-0.25, -0.2) is 13.1 Å². The number of nitrogens with two attached hydrogens (primary N) is 1. The van der Waals surface area contributed by atoms with Crippen molar-refractivity contribution in [2.24, 2.45) is 10.9 Å². The molecule has 0 unspecified atom stereocenters. The first-order chi connectivity index (χ1) is 8.36. The van der Waals surface area contributed by atoms with Crippen LogP contribution in [-0.4, -0.2) is 26.0 Å². The number of aryl methyl sites for hydroxylation is 2. The van der Waals surface area contributed by atoms with E-state index in [9.17, 15) is 8.42 Å². The second-order valence-corrected chi connectivity index (χ2v) is 5.74. The number of benzene rings is 1. The van der Waals surface area contributed by atoms with Gasteiger partial charge in [-0.2, -0.15) is 0 Å². The molecule has 100 valence electrons. The molecule has 18 heavy (non-hydrogen) atoms. The monoisotopic (exact) mass is 271 g/mol. The Balaban J connectivity index is 2.81. The Morgan fingerprint density at radius 2 is 2.11 bits per heavy atom. The first-order valence-electron chi connectivity index (χ1n) is 5.40. The first kappa shape index (κ1) is 14.5. The molecule has 0 saturated heterocycles. The summed E-state index contributed by atoms with van der Waals surface area (Å²) >= 11 is 0. The van der Waals surface area contributed by atoms with Crippen molar-refractivity contribution in [1.82, 2.24) is 4.72 Å². The predicted molar refractivity (Wildman–Crippen MR) is 69.1 cm³/mol. The number of oxime groups is 1. The Kier molecular flexibility index (Phi) is 4.69. The number of rotatable bonds is 5. The number of amidine groups is 1. The fraction of sp³-hybridized carbons (Fsp3) is 0.364. The van der Waals surface area contributed by atoms with Gasteiger partial charge in [0.2, 0.25) is 10.0 Å². The second kappa shape index (κ2) is 5.83. The lowest BCUT2D eigenvalue weighted by Crippen LogP contribution is -2.28. The van der Waals surface area contributed by atoms with Crippen LogP contribution in [0.1, 0.15) is 17.5 Å². The zero-order valence-electron chi connectivity index (χ0n) is 10.3. The SMILES string of the molecule is Cc1ccc(S(=O)(=O)NCCC(N)=NO)c(C)c1. The van der Waals surface area contributed by atoms with Crippen LogP contribution in [0.5, 0.6) is 0 Å². The Labute approximate surface area is 107 Å². The molecular weight excluding hydrogens is 254 g/mol. The molecule has 0 saturated carbocycles. The highest BCUT2D eigenvalue weighted by molar-refractivity contribution is 7.89. The smallest absolute Gasteiger partial charge is 0.240 e. The average Bonchev–Trinajstić information content (AvgIpc) is 2.27. The van der Waals surface area contributed by atoms with Gasteiger partial charge >= 0.3 is 0 Å². The summed E-state index contributed by atoms with van der Waals surface area (Å²) in [5, 5.41) is 11.1. The summed E-state index contributed by atoms with van der Waals surface area (Å²) in [6, 6.07) is 5.11. The van der Waals surface area contributed by atoms with Crippen LogP contribution in [0.3, 0.4) is 0 Å². The summed E-state index contributed by atoms with van der Waals surface area (Å²) in [5.74, 6) is -0.0154. The summed E-state index contributed by atoms with van der Waals surface area (Å²) in [4.78, 5) is 0.243. The van der Waals surface area contributed by atoms with E-state index in [0.29, 0.717) is 5.56 Å². The van der Waals surface area contributed by atoms with Crippen LogP contribution in [0.2, 0.25) is 0 Å². The van der Waals surface area contributed by atoms with E-state index in [0.717, 1.165) is 5.56 Å². The minimum Gasteiger partial charge on any atom is -0.409 e. The van der Waals surface area contributed by atoms with Crippen molar-refractivity contribution in [3.05, 3.63) is 29.3 Å². The fourth-order valence-electron chi connectivity index (χ4n) is 1.54. The molecule has 0 spiro atoms. The molecule has 0 radical (unpaired) electrons. The van der Waals surface area contributed by atoms with Gasteiger partial charge in [-0.05, 0) is 25.5 Å². The topological polar surface area (TPSA) is 105 Å². The van der Waals surface area contributed by atoms with Gasteiger partial charge in [-0.15, -0.1) is 0 Å². The zero-order valence-corrected chi connectivity index (χ0v) is 11.2. The molecule has 1 rings (SSSR count). The molecule has 0 bridgehead atoms. The summed E-state index contributed by atoms with van der Waals surface area (Å²) in [5.41, 5.74) is 6.95. The molecule has 0 aliphatic rings. The van der Waals surface area contributed by atoms with E-state index in [-0.39, 0.29) is 23.7 Å². The van der Waals surface area contributed by atoms with Gasteiger partial charge in [0.25, 0.3) is 0 Å². The molecule has 0 fully saturated rings. The maximum absolute atomic E-state index is 12.0. The van der Waals surface area contributed by atoms with Crippen molar-refractivity contribution in [1.29, 1.82) is 0 Å². The highest BCUT2D eigenvalue weighted by atomic mass is 32.2. The van der Waals surface area contributed by atoms with Gasteiger partial charge in [0.1, 0.15) is 5.84 Å². The highest BCUT2D eigenvalue weighted by Gasteiger charge is 2.16. The molecule has 1 aromatic rings. The third-order valence-corrected chi connectivity index (χ3v) is 4.04. The van der Waals surface area contributed by atoms with E-state index in [4.69, 9.17) is 10.9 Å². The zero-order chi connectivity index (χ0) is 13.8. The van der Waals surface area contributed by atoms with Gasteiger partial charge in [-0.1, -0.05) is 22.9 Å². The normalized spacial score (nSPS) is 12.7. The van der Waals surface area contributed by atoms with Crippen LogP contribution in [0.15, 0.2) is 28.3 Å². The quantitative estimate of drug-likeness (QED) is 0.317. The molecule has 0 atom stereocenters. The number of sulfonamides is 1. The lowest BCUT2D eigenvalue weighted by atomic mass is 10.2. The third kappa shape index (κ3) is 3.71. The van der Waals surface area contributed by atoms with Crippen molar-refractivity contribution in [2.45, 2.75) is 25.2 Å². The number of nitrogens with zero attached hydrogens (tertiary/aromatic N) is 1. The summed E-state index contributed by atoms with van der Waals surface area (Å²) in [6.07, 6.45) is 0.153. The largest absolute Gasteiger partial charge is 0.409 e. The minimum atomic E-state index is -3.55. The van der Waals surface area contributed by atoms with Crippen molar-refractivity contribution >= 4 is 15.9 Å². The number of hydrogen-bond donors (Lipinski definition) is 3. The van der Waals surface area contributed by atoms with Crippen LogP contribution < -0.4 is 10.5 Å². The van der Waals surface area contributed by atoms with E-state index in [1.54, 1.807) is 25.1 Å². The van der Waals surface area contributed by atoms with E-state index in [1.807, 2.05) is 6.92 Å². The third-order valence-electron chi connectivity index (χ3n) is 2.42. The molecule has 0 amide bonds. The Morgan fingerprint density at radius 1 is 1.44 bits per heavy atom. The van der Waals surface area contributed by atoms with Crippen molar-refractivity contribution in [3.8, 4) is 0 Å². The molecule has 7 heteroatoms. The van der Waals surface area contributed by atoms with Gasteiger partial charge in [0.15, 0.2) is 0 Å². The lowest BCUT2D eigenvalue weighted by Gasteiger charge is -2.09. The number of nitrogens with one attached hydrogen (secondary N) is 1. The van der Waals surface area contributed by atoms with Gasteiger partial charge < -0.3 is 10.9 Å². The summed E-state index contributed by atoms with van der Waals surface area (Å²) in [6.45, 7) is 3.73. The van der Waals surface area contributed by atoms with Gasteiger partial charge in [-0.3, -0.25) is 0 Å². The highest BCUT2D eigenvalue weighted by Crippen LogP contribution is 2.15. The molecule has 1 aromatic carbocycles. The first-order valence-corrected chi connectivity index (χ1v) is 6.88. The van der Waals surface area contributed by atoms with Crippen LogP contribution in [0.25, 0.3) is 0 Å². The number of hydrogen-bond acceptors (Lipinski definition) is 4. The van der Waals surface area contributed by atoms with Crippen molar-refractivity contribution in [2.75, 3.05) is 6.54 Å². The molecule has 0 aromatic heterocycles. The van der Waals surface area contributed by atoms with Gasteiger partial charge in [0.05, 0.1) is 4.90 Å². The summed E-state index contributed by atoms with van der Waals surface area (Å²) in [7, 11) is -3.55. The maximum Gasteiger partial charge on any atom is 0.240 e.